The lowest BCUT2D eigenvalue weighted by molar-refractivity contribution is 0.208. The summed E-state index contributed by atoms with van der Waals surface area (Å²) >= 11 is 0. The van der Waals surface area contributed by atoms with Crippen molar-refractivity contribution in [2.75, 3.05) is 19.8 Å². The van der Waals surface area contributed by atoms with Gasteiger partial charge < -0.3 is 5.11 Å². The molecule has 1 aliphatic rings. The molecule has 2 heterocycles. The zero-order valence-corrected chi connectivity index (χ0v) is 9.22. The Balaban J connectivity index is 1.92. The molecular weight excluding hydrogens is 211 g/mol. The van der Waals surface area contributed by atoms with Crippen LogP contribution < -0.4 is 0 Å². The standard InChI is InChI=1S/C10H17FN4O/c11-3-5-14-4-1-2-10(14)7-15-6-9(8-16)12-13-15/h6,10,16H,1-5,7-8H2/t10-/m1/s1. The summed E-state index contributed by atoms with van der Waals surface area (Å²) in [6.45, 7) is 1.82. The molecule has 0 radical (unpaired) electrons. The molecule has 1 fully saturated rings. The van der Waals surface area contributed by atoms with Gasteiger partial charge in [-0.15, -0.1) is 5.10 Å². The van der Waals surface area contributed by atoms with Crippen LogP contribution in [0.2, 0.25) is 0 Å². The Bertz CT molecular complexity index is 330. The normalized spacial score (nSPS) is 21.8. The van der Waals surface area contributed by atoms with Crippen LogP contribution in [0.25, 0.3) is 0 Å². The van der Waals surface area contributed by atoms with Crippen molar-refractivity contribution in [3.63, 3.8) is 0 Å². The van der Waals surface area contributed by atoms with E-state index in [1.165, 1.54) is 0 Å². The van der Waals surface area contributed by atoms with E-state index in [1.54, 1.807) is 10.9 Å². The van der Waals surface area contributed by atoms with Crippen LogP contribution in [0.1, 0.15) is 18.5 Å². The van der Waals surface area contributed by atoms with E-state index in [-0.39, 0.29) is 13.3 Å². The van der Waals surface area contributed by atoms with Gasteiger partial charge in [-0.05, 0) is 19.4 Å². The van der Waals surface area contributed by atoms with Gasteiger partial charge >= 0.3 is 0 Å². The molecule has 1 aliphatic heterocycles. The molecular formula is C10H17FN4O. The van der Waals surface area contributed by atoms with Gasteiger partial charge in [0.15, 0.2) is 0 Å². The van der Waals surface area contributed by atoms with Crippen molar-refractivity contribution in [1.29, 1.82) is 0 Å². The first-order chi connectivity index (χ1) is 7.83. The highest BCUT2D eigenvalue weighted by Crippen LogP contribution is 2.18. The van der Waals surface area contributed by atoms with Crippen LogP contribution in [0.4, 0.5) is 4.39 Å². The number of aliphatic hydroxyl groups excluding tert-OH is 1. The van der Waals surface area contributed by atoms with Crippen LogP contribution in [0.3, 0.4) is 0 Å². The molecule has 0 bridgehead atoms. The van der Waals surface area contributed by atoms with Crippen molar-refractivity contribution in [3.05, 3.63) is 11.9 Å². The van der Waals surface area contributed by atoms with Crippen molar-refractivity contribution in [1.82, 2.24) is 19.9 Å². The minimum absolute atomic E-state index is 0.0845. The van der Waals surface area contributed by atoms with Crippen molar-refractivity contribution in [2.45, 2.75) is 32.0 Å². The smallest absolute Gasteiger partial charge is 0.108 e. The molecule has 0 aliphatic carbocycles. The van der Waals surface area contributed by atoms with Gasteiger partial charge in [0.2, 0.25) is 0 Å². The number of hydrogen-bond donors (Lipinski definition) is 1. The third-order valence-electron chi connectivity index (χ3n) is 3.02. The number of nitrogens with zero attached hydrogens (tertiary/aromatic N) is 4. The van der Waals surface area contributed by atoms with Crippen LogP contribution in [0.5, 0.6) is 0 Å². The Hall–Kier alpha value is -1.01. The van der Waals surface area contributed by atoms with E-state index >= 15 is 0 Å². The second-order valence-electron chi connectivity index (χ2n) is 4.11. The Morgan fingerprint density at radius 1 is 1.56 bits per heavy atom. The molecule has 1 aromatic heterocycles. The minimum atomic E-state index is -0.296. The van der Waals surface area contributed by atoms with E-state index in [9.17, 15) is 4.39 Å². The van der Waals surface area contributed by atoms with Gasteiger partial charge in [0, 0.05) is 12.6 Å². The number of aromatic nitrogens is 3. The summed E-state index contributed by atoms with van der Waals surface area (Å²) in [5.74, 6) is 0. The van der Waals surface area contributed by atoms with Gasteiger partial charge in [0.25, 0.3) is 0 Å². The Kier molecular flexibility index (Phi) is 3.84. The SMILES string of the molecule is OCc1cn(C[C@H]2CCCN2CCF)nn1. The predicted octanol–water partition coefficient (Wildman–Crippen LogP) is 0.204. The van der Waals surface area contributed by atoms with Gasteiger partial charge in [-0.1, -0.05) is 5.21 Å². The lowest BCUT2D eigenvalue weighted by Gasteiger charge is -2.22. The van der Waals surface area contributed by atoms with E-state index in [1.807, 2.05) is 0 Å². The van der Waals surface area contributed by atoms with Crippen molar-refractivity contribution < 1.29 is 9.50 Å². The summed E-state index contributed by atoms with van der Waals surface area (Å²) in [7, 11) is 0. The second-order valence-corrected chi connectivity index (χ2v) is 4.11. The topological polar surface area (TPSA) is 54.2 Å². The van der Waals surface area contributed by atoms with Crippen LogP contribution >= 0.6 is 0 Å². The maximum atomic E-state index is 12.3. The maximum Gasteiger partial charge on any atom is 0.108 e. The fraction of sp³-hybridized carbons (Fsp3) is 0.800. The second kappa shape index (κ2) is 5.36. The quantitative estimate of drug-likeness (QED) is 0.782. The molecule has 0 saturated carbocycles. The van der Waals surface area contributed by atoms with Gasteiger partial charge in [-0.2, -0.15) is 0 Å². The van der Waals surface area contributed by atoms with Gasteiger partial charge in [-0.3, -0.25) is 9.58 Å². The number of likely N-dealkylation sites (tertiary alicyclic amines) is 1. The fourth-order valence-electron chi connectivity index (χ4n) is 2.22. The molecule has 5 nitrogen and oxygen atoms in total. The van der Waals surface area contributed by atoms with Gasteiger partial charge in [0.1, 0.15) is 12.4 Å². The molecule has 1 atom stereocenters. The summed E-state index contributed by atoms with van der Waals surface area (Å²) in [4.78, 5) is 2.15. The first kappa shape index (κ1) is 11.5. The summed E-state index contributed by atoms with van der Waals surface area (Å²) < 4.78 is 14.0. The molecule has 90 valence electrons. The molecule has 6 heteroatoms. The Labute approximate surface area is 93.9 Å². The van der Waals surface area contributed by atoms with E-state index < -0.39 is 0 Å². The fourth-order valence-corrected chi connectivity index (χ4v) is 2.22. The maximum absolute atomic E-state index is 12.3. The van der Waals surface area contributed by atoms with E-state index in [4.69, 9.17) is 5.11 Å². The summed E-state index contributed by atoms with van der Waals surface area (Å²) in [5.41, 5.74) is 0.579. The van der Waals surface area contributed by atoms with Crippen LogP contribution in [0.15, 0.2) is 6.20 Å². The third-order valence-corrected chi connectivity index (χ3v) is 3.02. The highest BCUT2D eigenvalue weighted by Gasteiger charge is 2.24. The lowest BCUT2D eigenvalue weighted by Crippen LogP contribution is -2.34. The average molecular weight is 228 g/mol. The minimum Gasteiger partial charge on any atom is -0.390 e. The average Bonchev–Trinajstić information content (AvgIpc) is 2.90. The van der Waals surface area contributed by atoms with Gasteiger partial charge in [-0.25, -0.2) is 4.39 Å². The van der Waals surface area contributed by atoms with E-state index in [0.29, 0.717) is 18.3 Å². The largest absolute Gasteiger partial charge is 0.390 e. The molecule has 16 heavy (non-hydrogen) atoms. The molecule has 0 aromatic carbocycles. The molecule has 0 spiro atoms. The van der Waals surface area contributed by atoms with Crippen LogP contribution in [-0.2, 0) is 13.2 Å². The summed E-state index contributed by atoms with van der Waals surface area (Å²) in [6, 6.07) is 0.351. The number of alkyl halides is 1. The third kappa shape index (κ3) is 2.56. The highest BCUT2D eigenvalue weighted by molar-refractivity contribution is 4.90. The predicted molar refractivity (Wildman–Crippen MR) is 56.5 cm³/mol. The number of aliphatic hydroxyl groups is 1. The Morgan fingerprint density at radius 2 is 2.44 bits per heavy atom. The zero-order valence-electron chi connectivity index (χ0n) is 9.22. The van der Waals surface area contributed by atoms with Crippen LogP contribution in [-0.4, -0.2) is 50.8 Å². The molecule has 0 unspecified atom stereocenters. The lowest BCUT2D eigenvalue weighted by atomic mass is 10.2. The van der Waals surface area contributed by atoms with Crippen molar-refractivity contribution in [2.24, 2.45) is 0 Å². The highest BCUT2D eigenvalue weighted by atomic mass is 19.1. The monoisotopic (exact) mass is 228 g/mol. The molecule has 1 aromatic rings. The first-order valence-corrected chi connectivity index (χ1v) is 5.63. The molecule has 1 saturated heterocycles. The summed E-state index contributed by atoms with van der Waals surface area (Å²) in [6.07, 6.45) is 3.94. The van der Waals surface area contributed by atoms with E-state index in [0.717, 1.165) is 25.9 Å². The zero-order chi connectivity index (χ0) is 11.4. The molecule has 2 rings (SSSR count). The number of rotatable bonds is 5. The van der Waals surface area contributed by atoms with E-state index in [2.05, 4.69) is 15.2 Å². The number of halogens is 1. The number of hydrogen-bond acceptors (Lipinski definition) is 4. The Morgan fingerprint density at radius 3 is 3.12 bits per heavy atom. The van der Waals surface area contributed by atoms with Crippen LogP contribution in [0, 0.1) is 0 Å². The van der Waals surface area contributed by atoms with Crippen molar-refractivity contribution in [3.8, 4) is 0 Å². The summed E-state index contributed by atoms with van der Waals surface area (Å²) in [5, 5.41) is 16.6. The molecule has 1 N–H and O–H groups in total. The first-order valence-electron chi connectivity index (χ1n) is 5.63. The molecule has 0 amide bonds. The van der Waals surface area contributed by atoms with Gasteiger partial charge in [0.05, 0.1) is 19.3 Å². The van der Waals surface area contributed by atoms with Crippen molar-refractivity contribution >= 4 is 0 Å².